The molecule has 0 heterocycles. The molecule has 0 fully saturated rings. The molecule has 1 aromatic rings. The molecule has 0 aliphatic heterocycles. The van der Waals surface area contributed by atoms with Gasteiger partial charge in [0.1, 0.15) is 0 Å². The highest BCUT2D eigenvalue weighted by atomic mass is 35.5. The third kappa shape index (κ3) is 5.19. The number of benzene rings is 1. The van der Waals surface area contributed by atoms with E-state index in [4.69, 9.17) is 23.2 Å². The van der Waals surface area contributed by atoms with Gasteiger partial charge in [0.25, 0.3) is 6.43 Å². The molecule has 100 valence electrons. The Morgan fingerprint density at radius 2 is 2.11 bits per heavy atom. The van der Waals surface area contributed by atoms with E-state index in [0.717, 1.165) is 4.90 Å². The summed E-state index contributed by atoms with van der Waals surface area (Å²) in [6.07, 6.45) is -2.51. The van der Waals surface area contributed by atoms with Crippen molar-refractivity contribution < 1.29 is 13.6 Å². The van der Waals surface area contributed by atoms with Crippen LogP contribution in [0.5, 0.6) is 0 Å². The summed E-state index contributed by atoms with van der Waals surface area (Å²) in [5.41, 5.74) is 0.696. The Morgan fingerprint density at radius 1 is 1.39 bits per heavy atom. The molecule has 0 aliphatic rings. The standard InChI is InChI=1S/C12H13Cl2F2NO/c13-4-5-17(8-11(15)16)12(18)7-9-2-1-3-10(14)6-9/h1-3,6,11H,4-5,7-8H2. The summed E-state index contributed by atoms with van der Waals surface area (Å²) in [4.78, 5) is 12.9. The maximum Gasteiger partial charge on any atom is 0.255 e. The largest absolute Gasteiger partial charge is 0.335 e. The minimum absolute atomic E-state index is 0.0458. The van der Waals surface area contributed by atoms with Crippen LogP contribution in [0.2, 0.25) is 5.02 Å². The van der Waals surface area contributed by atoms with Crippen LogP contribution in [0.15, 0.2) is 24.3 Å². The van der Waals surface area contributed by atoms with Gasteiger partial charge in [-0.05, 0) is 17.7 Å². The molecule has 0 aliphatic carbocycles. The summed E-state index contributed by atoms with van der Waals surface area (Å²) >= 11 is 11.3. The van der Waals surface area contributed by atoms with Gasteiger partial charge in [-0.3, -0.25) is 4.79 Å². The monoisotopic (exact) mass is 295 g/mol. The predicted molar refractivity (Wildman–Crippen MR) is 68.5 cm³/mol. The highest BCUT2D eigenvalue weighted by Gasteiger charge is 2.17. The molecule has 0 aromatic heterocycles. The van der Waals surface area contributed by atoms with Crippen molar-refractivity contribution in [2.24, 2.45) is 0 Å². The number of rotatable bonds is 6. The van der Waals surface area contributed by atoms with E-state index < -0.39 is 13.0 Å². The van der Waals surface area contributed by atoms with Crippen molar-refractivity contribution in [3.63, 3.8) is 0 Å². The Bertz CT molecular complexity index is 401. The van der Waals surface area contributed by atoms with Crippen molar-refractivity contribution in [1.82, 2.24) is 4.90 Å². The Balaban J connectivity index is 2.66. The Labute approximate surface area is 114 Å². The lowest BCUT2D eigenvalue weighted by Crippen LogP contribution is -2.37. The fraction of sp³-hybridized carbons (Fsp3) is 0.417. The smallest absolute Gasteiger partial charge is 0.255 e. The fourth-order valence-electron chi connectivity index (χ4n) is 1.52. The zero-order valence-corrected chi connectivity index (χ0v) is 11.1. The molecule has 1 aromatic carbocycles. The second-order valence-corrected chi connectivity index (χ2v) is 4.54. The number of carbonyl (C=O) groups is 1. The van der Waals surface area contributed by atoms with Crippen LogP contribution in [0.25, 0.3) is 0 Å². The lowest BCUT2D eigenvalue weighted by Gasteiger charge is -2.21. The second kappa shape index (κ2) is 7.54. The molecule has 0 atom stereocenters. The molecule has 0 bridgehead atoms. The van der Waals surface area contributed by atoms with Gasteiger partial charge in [-0.15, -0.1) is 11.6 Å². The lowest BCUT2D eigenvalue weighted by atomic mass is 10.1. The van der Waals surface area contributed by atoms with Crippen LogP contribution in [0, 0.1) is 0 Å². The number of alkyl halides is 3. The summed E-state index contributed by atoms with van der Waals surface area (Å²) in [5, 5.41) is 0.512. The van der Waals surface area contributed by atoms with E-state index in [0.29, 0.717) is 10.6 Å². The molecule has 0 saturated heterocycles. The Morgan fingerprint density at radius 3 is 2.67 bits per heavy atom. The van der Waals surface area contributed by atoms with Crippen LogP contribution in [-0.4, -0.2) is 36.2 Å². The first-order valence-electron chi connectivity index (χ1n) is 5.39. The van der Waals surface area contributed by atoms with Gasteiger partial charge in [0.05, 0.1) is 13.0 Å². The molecule has 0 spiro atoms. The van der Waals surface area contributed by atoms with E-state index in [2.05, 4.69) is 0 Å². The van der Waals surface area contributed by atoms with E-state index in [1.165, 1.54) is 0 Å². The topological polar surface area (TPSA) is 20.3 Å². The molecule has 0 N–H and O–H groups in total. The quantitative estimate of drug-likeness (QED) is 0.738. The van der Waals surface area contributed by atoms with Crippen LogP contribution in [-0.2, 0) is 11.2 Å². The van der Waals surface area contributed by atoms with Crippen LogP contribution in [0.1, 0.15) is 5.56 Å². The number of amides is 1. The SMILES string of the molecule is O=C(Cc1cccc(Cl)c1)N(CCCl)CC(F)F. The summed E-state index contributed by atoms with van der Waals surface area (Å²) < 4.78 is 24.6. The van der Waals surface area contributed by atoms with Crippen molar-refractivity contribution in [2.45, 2.75) is 12.8 Å². The van der Waals surface area contributed by atoms with Gasteiger partial charge in [0.2, 0.25) is 5.91 Å². The third-order valence-corrected chi connectivity index (χ3v) is 2.71. The molecule has 6 heteroatoms. The molecular weight excluding hydrogens is 283 g/mol. The molecule has 0 saturated carbocycles. The van der Waals surface area contributed by atoms with Gasteiger partial charge in [0, 0.05) is 17.4 Å². The molecular formula is C12H13Cl2F2NO. The van der Waals surface area contributed by atoms with Crippen molar-refractivity contribution >= 4 is 29.1 Å². The van der Waals surface area contributed by atoms with Gasteiger partial charge >= 0.3 is 0 Å². The minimum Gasteiger partial charge on any atom is -0.335 e. The molecule has 0 radical (unpaired) electrons. The van der Waals surface area contributed by atoms with E-state index in [-0.39, 0.29) is 24.8 Å². The first-order valence-corrected chi connectivity index (χ1v) is 6.30. The zero-order valence-electron chi connectivity index (χ0n) is 9.58. The summed E-state index contributed by atoms with van der Waals surface area (Å²) in [7, 11) is 0. The summed E-state index contributed by atoms with van der Waals surface area (Å²) in [5.74, 6) is -0.244. The maximum absolute atomic E-state index is 12.3. The number of hydrogen-bond donors (Lipinski definition) is 0. The normalized spacial score (nSPS) is 10.7. The molecule has 2 nitrogen and oxygen atoms in total. The van der Waals surface area contributed by atoms with Crippen molar-refractivity contribution in [3.8, 4) is 0 Å². The molecule has 1 amide bonds. The number of nitrogens with zero attached hydrogens (tertiary/aromatic N) is 1. The van der Waals surface area contributed by atoms with Crippen LogP contribution in [0.4, 0.5) is 8.78 Å². The fourth-order valence-corrected chi connectivity index (χ4v) is 1.94. The lowest BCUT2D eigenvalue weighted by molar-refractivity contribution is -0.132. The van der Waals surface area contributed by atoms with E-state index in [1.807, 2.05) is 0 Å². The van der Waals surface area contributed by atoms with E-state index in [1.54, 1.807) is 24.3 Å². The average Bonchev–Trinajstić information content (AvgIpc) is 2.27. The van der Waals surface area contributed by atoms with Gasteiger partial charge in [-0.25, -0.2) is 8.78 Å². The first-order chi connectivity index (χ1) is 8.52. The average molecular weight is 296 g/mol. The molecule has 0 unspecified atom stereocenters. The van der Waals surface area contributed by atoms with Crippen molar-refractivity contribution in [3.05, 3.63) is 34.9 Å². The van der Waals surface area contributed by atoms with Crippen molar-refractivity contribution in [2.75, 3.05) is 19.0 Å². The van der Waals surface area contributed by atoms with Gasteiger partial charge in [0.15, 0.2) is 0 Å². The van der Waals surface area contributed by atoms with Gasteiger partial charge in [-0.1, -0.05) is 23.7 Å². The second-order valence-electron chi connectivity index (χ2n) is 3.73. The predicted octanol–water partition coefficient (Wildman–Crippen LogP) is 3.22. The molecule has 1 rings (SSSR count). The van der Waals surface area contributed by atoms with Crippen LogP contribution in [0.3, 0.4) is 0 Å². The van der Waals surface area contributed by atoms with Gasteiger partial charge < -0.3 is 4.90 Å². The third-order valence-electron chi connectivity index (χ3n) is 2.31. The highest BCUT2D eigenvalue weighted by Crippen LogP contribution is 2.12. The molecule has 18 heavy (non-hydrogen) atoms. The summed E-state index contributed by atoms with van der Waals surface area (Å²) in [6.45, 7) is -0.475. The van der Waals surface area contributed by atoms with Crippen LogP contribution < -0.4 is 0 Å². The van der Waals surface area contributed by atoms with E-state index >= 15 is 0 Å². The number of hydrogen-bond acceptors (Lipinski definition) is 1. The minimum atomic E-state index is -2.56. The maximum atomic E-state index is 12.3. The first kappa shape index (κ1) is 15.2. The van der Waals surface area contributed by atoms with Gasteiger partial charge in [-0.2, -0.15) is 0 Å². The Kier molecular flexibility index (Phi) is 6.36. The number of carbonyl (C=O) groups excluding carboxylic acids is 1. The zero-order chi connectivity index (χ0) is 13.5. The van der Waals surface area contributed by atoms with Crippen molar-refractivity contribution in [1.29, 1.82) is 0 Å². The van der Waals surface area contributed by atoms with E-state index in [9.17, 15) is 13.6 Å². The van der Waals surface area contributed by atoms with Crippen LogP contribution >= 0.6 is 23.2 Å². The number of halogens is 4. The summed E-state index contributed by atoms with van der Waals surface area (Å²) in [6, 6.07) is 6.76. The Hall–Kier alpha value is -0.870. The highest BCUT2D eigenvalue weighted by molar-refractivity contribution is 6.30.